The number of alkyl halides is 1. The predicted molar refractivity (Wildman–Crippen MR) is 79.6 cm³/mol. The molecule has 0 radical (unpaired) electrons. The molecule has 3 nitrogen and oxygen atoms in total. The van der Waals surface area contributed by atoms with E-state index in [4.69, 9.17) is 0 Å². The first-order valence-corrected chi connectivity index (χ1v) is 7.24. The molecule has 0 saturated heterocycles. The van der Waals surface area contributed by atoms with Crippen molar-refractivity contribution >= 4 is 11.6 Å². The van der Waals surface area contributed by atoms with Gasteiger partial charge in [0.1, 0.15) is 0 Å². The van der Waals surface area contributed by atoms with E-state index in [1.807, 2.05) is 49.3 Å². The molecule has 0 N–H and O–H groups in total. The number of nitrogens with zero attached hydrogens (tertiary/aromatic N) is 2. The number of para-hydroxylation sites is 1. The van der Waals surface area contributed by atoms with Gasteiger partial charge in [-0.2, -0.15) is 0 Å². The van der Waals surface area contributed by atoms with Gasteiger partial charge >= 0.3 is 0 Å². The van der Waals surface area contributed by atoms with Gasteiger partial charge in [-0.25, -0.2) is 0 Å². The summed E-state index contributed by atoms with van der Waals surface area (Å²) in [5.74, 6) is -0.113. The molecular weight excluding hydrogens is 255 g/mol. The van der Waals surface area contributed by atoms with Gasteiger partial charge in [0.2, 0.25) is 5.91 Å². The number of halogens is 1. The van der Waals surface area contributed by atoms with Crippen LogP contribution in [0.15, 0.2) is 30.3 Å². The number of carbonyl (C=O) groups excluding carboxylic acids is 1. The lowest BCUT2D eigenvalue weighted by molar-refractivity contribution is -0.119. The Bertz CT molecular complexity index is 435. The molecule has 20 heavy (non-hydrogen) atoms. The SMILES string of the molecule is CN(C)C1CCCC1N(C(=O)CCF)c1ccccc1. The largest absolute Gasteiger partial charge is 0.308 e. The Labute approximate surface area is 120 Å². The quantitative estimate of drug-likeness (QED) is 0.827. The summed E-state index contributed by atoms with van der Waals surface area (Å²) in [4.78, 5) is 16.4. The molecule has 1 fully saturated rings. The minimum absolute atomic E-state index is 0.0362. The molecule has 0 heterocycles. The van der Waals surface area contributed by atoms with Crippen molar-refractivity contribution in [2.24, 2.45) is 0 Å². The highest BCUT2D eigenvalue weighted by molar-refractivity contribution is 5.94. The van der Waals surface area contributed by atoms with E-state index in [-0.39, 0.29) is 18.4 Å². The Kier molecular flexibility index (Phi) is 5.12. The molecule has 1 aromatic rings. The number of anilines is 1. The minimum Gasteiger partial charge on any atom is -0.308 e. The zero-order chi connectivity index (χ0) is 14.5. The third kappa shape index (κ3) is 3.18. The number of amides is 1. The molecule has 1 aliphatic rings. The van der Waals surface area contributed by atoms with E-state index in [0.717, 1.165) is 24.9 Å². The van der Waals surface area contributed by atoms with Gasteiger partial charge in [0, 0.05) is 11.7 Å². The van der Waals surface area contributed by atoms with E-state index in [9.17, 15) is 9.18 Å². The normalized spacial score (nSPS) is 22.2. The molecular formula is C16H23FN2O. The Hall–Kier alpha value is -1.42. The predicted octanol–water partition coefficient (Wildman–Crippen LogP) is 2.86. The maximum atomic E-state index is 12.6. The van der Waals surface area contributed by atoms with Crippen LogP contribution in [0.1, 0.15) is 25.7 Å². The fourth-order valence-corrected chi connectivity index (χ4v) is 3.13. The number of hydrogen-bond acceptors (Lipinski definition) is 2. The Morgan fingerprint density at radius 3 is 2.45 bits per heavy atom. The third-order valence-corrected chi connectivity index (χ3v) is 4.05. The minimum atomic E-state index is -0.596. The van der Waals surface area contributed by atoms with Gasteiger partial charge in [-0.05, 0) is 45.5 Å². The van der Waals surface area contributed by atoms with E-state index in [1.54, 1.807) is 0 Å². The van der Waals surface area contributed by atoms with Gasteiger partial charge in [-0.1, -0.05) is 18.2 Å². The van der Waals surface area contributed by atoms with E-state index in [2.05, 4.69) is 4.90 Å². The summed E-state index contributed by atoms with van der Waals surface area (Å²) in [5.41, 5.74) is 0.879. The Morgan fingerprint density at radius 2 is 1.85 bits per heavy atom. The average molecular weight is 278 g/mol. The van der Waals surface area contributed by atoms with E-state index < -0.39 is 6.67 Å². The highest BCUT2D eigenvalue weighted by Gasteiger charge is 2.36. The number of rotatable bonds is 5. The van der Waals surface area contributed by atoms with Gasteiger partial charge in [-0.15, -0.1) is 0 Å². The van der Waals surface area contributed by atoms with Crippen LogP contribution in [0, 0.1) is 0 Å². The maximum Gasteiger partial charge on any atom is 0.229 e. The summed E-state index contributed by atoms with van der Waals surface area (Å²) in [5, 5.41) is 0. The van der Waals surface area contributed by atoms with Crippen molar-refractivity contribution in [1.29, 1.82) is 0 Å². The van der Waals surface area contributed by atoms with Crippen molar-refractivity contribution in [3.63, 3.8) is 0 Å². The third-order valence-electron chi connectivity index (χ3n) is 4.05. The molecule has 0 bridgehead atoms. The Morgan fingerprint density at radius 1 is 1.20 bits per heavy atom. The topological polar surface area (TPSA) is 23.6 Å². The van der Waals surface area contributed by atoms with Crippen LogP contribution < -0.4 is 4.90 Å². The van der Waals surface area contributed by atoms with Crippen LogP contribution in [0.2, 0.25) is 0 Å². The van der Waals surface area contributed by atoms with E-state index in [1.165, 1.54) is 0 Å². The van der Waals surface area contributed by atoms with Gasteiger partial charge in [0.25, 0.3) is 0 Å². The molecule has 0 aromatic heterocycles. The Balaban J connectivity index is 2.29. The standard InChI is InChI=1S/C16H23FN2O/c1-18(2)14-9-6-10-15(14)19(16(20)11-12-17)13-7-4-3-5-8-13/h3-5,7-8,14-15H,6,9-12H2,1-2H3. The number of carbonyl (C=O) groups is 1. The van der Waals surface area contributed by atoms with E-state index in [0.29, 0.717) is 6.04 Å². The summed E-state index contributed by atoms with van der Waals surface area (Å²) in [6.45, 7) is -0.596. The summed E-state index contributed by atoms with van der Waals surface area (Å²) in [6.07, 6.45) is 3.14. The number of benzene rings is 1. The van der Waals surface area contributed by atoms with Crippen LogP contribution in [-0.4, -0.2) is 43.7 Å². The summed E-state index contributed by atoms with van der Waals surface area (Å²) in [6, 6.07) is 10.1. The monoisotopic (exact) mass is 278 g/mol. The molecule has 4 heteroatoms. The smallest absolute Gasteiger partial charge is 0.229 e. The summed E-state index contributed by atoms with van der Waals surface area (Å²) < 4.78 is 12.6. The van der Waals surface area contributed by atoms with E-state index >= 15 is 0 Å². The number of hydrogen-bond donors (Lipinski definition) is 0. The lowest BCUT2D eigenvalue weighted by Crippen LogP contribution is -2.49. The van der Waals surface area contributed by atoms with Crippen molar-refractivity contribution in [3.8, 4) is 0 Å². The lowest BCUT2D eigenvalue weighted by Gasteiger charge is -2.36. The average Bonchev–Trinajstić information content (AvgIpc) is 2.90. The molecule has 1 aliphatic carbocycles. The fraction of sp³-hybridized carbons (Fsp3) is 0.562. The van der Waals surface area contributed by atoms with Gasteiger partial charge < -0.3 is 9.80 Å². The van der Waals surface area contributed by atoms with Crippen molar-refractivity contribution in [3.05, 3.63) is 30.3 Å². The molecule has 0 spiro atoms. The highest BCUT2D eigenvalue weighted by Crippen LogP contribution is 2.31. The zero-order valence-electron chi connectivity index (χ0n) is 12.3. The van der Waals surface area contributed by atoms with Crippen LogP contribution in [0.3, 0.4) is 0 Å². The molecule has 1 amide bonds. The molecule has 1 aromatic carbocycles. The van der Waals surface area contributed by atoms with Crippen LogP contribution in [0.5, 0.6) is 0 Å². The lowest BCUT2D eigenvalue weighted by atomic mass is 10.1. The molecule has 2 atom stereocenters. The maximum absolute atomic E-state index is 12.6. The van der Waals surface area contributed by atoms with Gasteiger partial charge in [-0.3, -0.25) is 9.18 Å². The molecule has 1 saturated carbocycles. The second kappa shape index (κ2) is 6.84. The summed E-state index contributed by atoms with van der Waals surface area (Å²) >= 11 is 0. The fourth-order valence-electron chi connectivity index (χ4n) is 3.13. The van der Waals surface area contributed by atoms with Crippen LogP contribution >= 0.6 is 0 Å². The van der Waals surface area contributed by atoms with Crippen molar-refractivity contribution in [2.45, 2.75) is 37.8 Å². The highest BCUT2D eigenvalue weighted by atomic mass is 19.1. The zero-order valence-corrected chi connectivity index (χ0v) is 12.3. The van der Waals surface area contributed by atoms with Gasteiger partial charge in [0.05, 0.1) is 19.1 Å². The van der Waals surface area contributed by atoms with Gasteiger partial charge in [0.15, 0.2) is 0 Å². The first-order chi connectivity index (χ1) is 9.65. The van der Waals surface area contributed by atoms with Crippen LogP contribution in [0.25, 0.3) is 0 Å². The van der Waals surface area contributed by atoms with Crippen molar-refractivity contribution in [2.75, 3.05) is 25.7 Å². The first-order valence-electron chi connectivity index (χ1n) is 7.24. The molecule has 0 aliphatic heterocycles. The van der Waals surface area contributed by atoms with Crippen molar-refractivity contribution < 1.29 is 9.18 Å². The number of likely N-dealkylation sites (N-methyl/N-ethyl adjacent to an activating group) is 1. The van der Waals surface area contributed by atoms with Crippen molar-refractivity contribution in [1.82, 2.24) is 4.90 Å². The van der Waals surface area contributed by atoms with Crippen LogP contribution in [0.4, 0.5) is 10.1 Å². The first kappa shape index (κ1) is 15.0. The van der Waals surface area contributed by atoms with Crippen LogP contribution in [-0.2, 0) is 4.79 Å². The molecule has 2 unspecified atom stereocenters. The summed E-state index contributed by atoms with van der Waals surface area (Å²) in [7, 11) is 4.09. The second-order valence-electron chi connectivity index (χ2n) is 5.57. The second-order valence-corrected chi connectivity index (χ2v) is 5.57. The molecule has 110 valence electrons. The molecule has 2 rings (SSSR count).